The summed E-state index contributed by atoms with van der Waals surface area (Å²) in [5.41, 5.74) is 2.93. The van der Waals surface area contributed by atoms with E-state index in [0.717, 1.165) is 27.9 Å². The fourth-order valence-corrected chi connectivity index (χ4v) is 2.74. The molecule has 0 bridgehead atoms. The predicted octanol–water partition coefficient (Wildman–Crippen LogP) is 3.23. The second-order valence-electron chi connectivity index (χ2n) is 5.79. The molecule has 124 valence electrons. The van der Waals surface area contributed by atoms with E-state index < -0.39 is 0 Å². The van der Waals surface area contributed by atoms with Crippen LogP contribution in [0.1, 0.15) is 24.2 Å². The molecule has 1 atom stereocenters. The van der Waals surface area contributed by atoms with Crippen molar-refractivity contribution in [1.29, 1.82) is 0 Å². The summed E-state index contributed by atoms with van der Waals surface area (Å²) >= 11 is 0. The van der Waals surface area contributed by atoms with E-state index in [2.05, 4.69) is 10.4 Å². The molecule has 0 spiro atoms. The topological polar surface area (TPSA) is 56.1 Å². The quantitative estimate of drug-likeness (QED) is 0.784. The van der Waals surface area contributed by atoms with Crippen molar-refractivity contribution in [3.63, 3.8) is 0 Å². The number of para-hydroxylation sites is 1. The molecule has 3 rings (SSSR count). The number of methoxy groups -OCH3 is 1. The number of fused-ring (bicyclic) bond motifs is 1. The first-order chi connectivity index (χ1) is 11.6. The molecule has 0 aliphatic rings. The zero-order valence-corrected chi connectivity index (χ0v) is 14.1. The van der Waals surface area contributed by atoms with Crippen molar-refractivity contribution in [3.05, 3.63) is 59.8 Å². The molecule has 1 amide bonds. The molecule has 0 radical (unpaired) electrons. The van der Waals surface area contributed by atoms with Gasteiger partial charge in [-0.2, -0.15) is 5.10 Å². The van der Waals surface area contributed by atoms with Gasteiger partial charge in [-0.25, -0.2) is 0 Å². The lowest BCUT2D eigenvalue weighted by atomic mass is 10.2. The lowest BCUT2D eigenvalue weighted by molar-refractivity contribution is -0.124. The van der Waals surface area contributed by atoms with Gasteiger partial charge < -0.3 is 10.1 Å². The lowest BCUT2D eigenvalue weighted by Crippen LogP contribution is -2.31. The number of carbonyl (C=O) groups excluding carboxylic acids is 1. The molecule has 0 saturated carbocycles. The Kier molecular flexibility index (Phi) is 4.51. The molecule has 0 aliphatic carbocycles. The first-order valence-electron chi connectivity index (χ1n) is 7.94. The van der Waals surface area contributed by atoms with Crippen molar-refractivity contribution in [2.45, 2.75) is 26.4 Å². The maximum atomic E-state index is 12.5. The van der Waals surface area contributed by atoms with Crippen molar-refractivity contribution in [2.75, 3.05) is 7.11 Å². The van der Waals surface area contributed by atoms with Crippen LogP contribution in [0, 0.1) is 6.92 Å². The molecule has 5 heteroatoms. The molecule has 1 N–H and O–H groups in total. The smallest absolute Gasteiger partial charge is 0.244 e. The van der Waals surface area contributed by atoms with Gasteiger partial charge >= 0.3 is 0 Å². The summed E-state index contributed by atoms with van der Waals surface area (Å²) in [6, 6.07) is 15.2. The zero-order valence-electron chi connectivity index (χ0n) is 14.1. The standard InChI is InChI=1S/C19H21N3O2/c1-13-17-6-4-5-7-18(17)22(21-13)14(2)19(23)20-12-15-8-10-16(24-3)11-9-15/h4-11,14H,12H2,1-3H3,(H,20,23)/t14-/m0/s1. The maximum absolute atomic E-state index is 12.5. The Morgan fingerprint density at radius 3 is 2.62 bits per heavy atom. The first kappa shape index (κ1) is 16.1. The minimum atomic E-state index is -0.373. The first-order valence-corrected chi connectivity index (χ1v) is 7.94. The minimum Gasteiger partial charge on any atom is -0.497 e. The van der Waals surface area contributed by atoms with Gasteiger partial charge in [0.25, 0.3) is 0 Å². The number of amides is 1. The van der Waals surface area contributed by atoms with Crippen molar-refractivity contribution >= 4 is 16.8 Å². The fourth-order valence-electron chi connectivity index (χ4n) is 2.74. The number of carbonyl (C=O) groups is 1. The molecular weight excluding hydrogens is 302 g/mol. The van der Waals surface area contributed by atoms with Gasteiger partial charge in [0.1, 0.15) is 11.8 Å². The third kappa shape index (κ3) is 3.11. The van der Waals surface area contributed by atoms with E-state index in [-0.39, 0.29) is 11.9 Å². The molecule has 1 heterocycles. The molecule has 0 saturated heterocycles. The third-order valence-corrected chi connectivity index (χ3v) is 4.17. The van der Waals surface area contributed by atoms with Gasteiger partial charge in [0, 0.05) is 11.9 Å². The Bertz CT molecular complexity index is 853. The number of nitrogens with one attached hydrogen (secondary N) is 1. The highest BCUT2D eigenvalue weighted by Crippen LogP contribution is 2.21. The number of rotatable bonds is 5. The average Bonchev–Trinajstić information content (AvgIpc) is 2.96. The van der Waals surface area contributed by atoms with Crippen molar-refractivity contribution < 1.29 is 9.53 Å². The summed E-state index contributed by atoms with van der Waals surface area (Å²) in [5, 5.41) is 8.57. The monoisotopic (exact) mass is 323 g/mol. The third-order valence-electron chi connectivity index (χ3n) is 4.17. The second kappa shape index (κ2) is 6.74. The minimum absolute atomic E-state index is 0.0564. The highest BCUT2D eigenvalue weighted by Gasteiger charge is 2.18. The van der Waals surface area contributed by atoms with Gasteiger partial charge in [0.2, 0.25) is 5.91 Å². The summed E-state index contributed by atoms with van der Waals surface area (Å²) < 4.78 is 6.92. The maximum Gasteiger partial charge on any atom is 0.244 e. The summed E-state index contributed by atoms with van der Waals surface area (Å²) in [6.45, 7) is 4.30. The number of hydrogen-bond donors (Lipinski definition) is 1. The normalized spacial score (nSPS) is 12.1. The SMILES string of the molecule is COc1ccc(CNC(=O)[C@H](C)n2nc(C)c3ccccc32)cc1. The Balaban J connectivity index is 1.71. The number of hydrogen-bond acceptors (Lipinski definition) is 3. The lowest BCUT2D eigenvalue weighted by Gasteiger charge is -2.14. The van der Waals surface area contributed by atoms with E-state index in [4.69, 9.17) is 4.74 Å². The number of ether oxygens (including phenoxy) is 1. The van der Waals surface area contributed by atoms with Gasteiger partial charge in [0.05, 0.1) is 18.3 Å². The van der Waals surface area contributed by atoms with E-state index in [1.54, 1.807) is 11.8 Å². The predicted molar refractivity (Wildman–Crippen MR) is 94.0 cm³/mol. The van der Waals surface area contributed by atoms with E-state index in [1.165, 1.54) is 0 Å². The second-order valence-corrected chi connectivity index (χ2v) is 5.79. The van der Waals surface area contributed by atoms with E-state index in [1.807, 2.05) is 62.4 Å². The molecule has 2 aromatic carbocycles. The van der Waals surface area contributed by atoms with Crippen LogP contribution in [0.5, 0.6) is 5.75 Å². The van der Waals surface area contributed by atoms with Crippen LogP contribution in [0.2, 0.25) is 0 Å². The number of aromatic nitrogens is 2. The van der Waals surface area contributed by atoms with Crippen LogP contribution >= 0.6 is 0 Å². The van der Waals surface area contributed by atoms with Crippen molar-refractivity contribution in [2.24, 2.45) is 0 Å². The number of aryl methyl sites for hydroxylation is 1. The molecule has 0 unspecified atom stereocenters. The molecule has 0 aliphatic heterocycles. The Hall–Kier alpha value is -2.82. The van der Waals surface area contributed by atoms with Gasteiger partial charge in [-0.1, -0.05) is 30.3 Å². The van der Waals surface area contributed by atoms with Crippen LogP contribution in [-0.4, -0.2) is 22.8 Å². The summed E-state index contributed by atoms with van der Waals surface area (Å²) in [4.78, 5) is 12.5. The van der Waals surface area contributed by atoms with Crippen LogP contribution in [-0.2, 0) is 11.3 Å². The van der Waals surface area contributed by atoms with E-state index >= 15 is 0 Å². The Morgan fingerprint density at radius 1 is 1.21 bits per heavy atom. The molecule has 1 aromatic heterocycles. The Labute approximate surface area is 141 Å². The molecular formula is C19H21N3O2. The van der Waals surface area contributed by atoms with Gasteiger partial charge in [-0.05, 0) is 37.6 Å². The van der Waals surface area contributed by atoms with Crippen molar-refractivity contribution in [1.82, 2.24) is 15.1 Å². The van der Waals surface area contributed by atoms with Crippen molar-refractivity contribution in [3.8, 4) is 5.75 Å². The summed E-state index contributed by atoms with van der Waals surface area (Å²) in [5.74, 6) is 0.746. The van der Waals surface area contributed by atoms with Crippen LogP contribution in [0.3, 0.4) is 0 Å². The molecule has 3 aromatic rings. The number of benzene rings is 2. The van der Waals surface area contributed by atoms with E-state index in [0.29, 0.717) is 6.54 Å². The van der Waals surface area contributed by atoms with E-state index in [9.17, 15) is 4.79 Å². The Morgan fingerprint density at radius 2 is 1.92 bits per heavy atom. The molecule has 24 heavy (non-hydrogen) atoms. The van der Waals surface area contributed by atoms with Gasteiger partial charge in [0.15, 0.2) is 0 Å². The largest absolute Gasteiger partial charge is 0.497 e. The summed E-state index contributed by atoms with van der Waals surface area (Å²) in [7, 11) is 1.63. The summed E-state index contributed by atoms with van der Waals surface area (Å²) in [6.07, 6.45) is 0. The molecule has 5 nitrogen and oxygen atoms in total. The molecule has 0 fully saturated rings. The van der Waals surface area contributed by atoms with Gasteiger partial charge in [-0.3, -0.25) is 9.48 Å². The van der Waals surface area contributed by atoms with Gasteiger partial charge in [-0.15, -0.1) is 0 Å². The number of nitrogens with zero attached hydrogens (tertiary/aromatic N) is 2. The highest BCUT2D eigenvalue weighted by molar-refractivity contribution is 5.86. The average molecular weight is 323 g/mol. The fraction of sp³-hybridized carbons (Fsp3) is 0.263. The van der Waals surface area contributed by atoms with Crippen LogP contribution < -0.4 is 10.1 Å². The van der Waals surface area contributed by atoms with Crippen LogP contribution in [0.15, 0.2) is 48.5 Å². The zero-order chi connectivity index (χ0) is 17.1. The van der Waals surface area contributed by atoms with Crippen LogP contribution in [0.25, 0.3) is 10.9 Å². The van der Waals surface area contributed by atoms with Crippen LogP contribution in [0.4, 0.5) is 0 Å². The highest BCUT2D eigenvalue weighted by atomic mass is 16.5.